The van der Waals surface area contributed by atoms with E-state index in [9.17, 15) is 19.2 Å². The molecule has 1 unspecified atom stereocenters. The fraction of sp³-hybridized carbons (Fsp3) is 0.238. The number of piperidine rings is 1. The molecule has 0 saturated carbocycles. The molecule has 0 aliphatic carbocycles. The molecule has 10 nitrogen and oxygen atoms in total. The summed E-state index contributed by atoms with van der Waals surface area (Å²) >= 11 is 0. The number of carbonyl (C=O) groups is 3. The molecule has 3 heterocycles. The van der Waals surface area contributed by atoms with Gasteiger partial charge in [-0.15, -0.1) is 0 Å². The molecule has 1 aliphatic rings. The highest BCUT2D eigenvalue weighted by Crippen LogP contribution is 2.24. The van der Waals surface area contributed by atoms with Crippen molar-refractivity contribution in [1.82, 2.24) is 19.9 Å². The standard InChI is InChI=1S/C21H20N6O4/c1-11-24-18-14(21(31)27(11)16-5-6-17(28)26-20(16)30)3-2-4-15(18)25-19(29)12-7-8-23-13(9-12)10-22/h2-4,7-9,16H,5-6,10,22H2,1H3,(H,25,29)(H,26,28,30). The zero-order valence-corrected chi connectivity index (χ0v) is 16.7. The Morgan fingerprint density at radius 3 is 2.84 bits per heavy atom. The van der Waals surface area contributed by atoms with Crippen LogP contribution in [0.25, 0.3) is 10.9 Å². The Kier molecular flexibility index (Phi) is 5.30. The van der Waals surface area contributed by atoms with Crippen LogP contribution in [-0.4, -0.2) is 32.3 Å². The van der Waals surface area contributed by atoms with E-state index in [4.69, 9.17) is 5.73 Å². The first-order valence-electron chi connectivity index (χ1n) is 9.71. The van der Waals surface area contributed by atoms with Crippen LogP contribution in [0.3, 0.4) is 0 Å². The maximum Gasteiger partial charge on any atom is 0.262 e. The lowest BCUT2D eigenvalue weighted by Gasteiger charge is -2.24. The minimum absolute atomic E-state index is 0.146. The molecule has 4 rings (SSSR count). The molecule has 3 amide bonds. The van der Waals surface area contributed by atoms with E-state index in [2.05, 4.69) is 20.6 Å². The molecule has 0 radical (unpaired) electrons. The first kappa shape index (κ1) is 20.4. The fourth-order valence-corrected chi connectivity index (χ4v) is 3.65. The summed E-state index contributed by atoms with van der Waals surface area (Å²) in [5.74, 6) is -0.971. The largest absolute Gasteiger partial charge is 0.325 e. The van der Waals surface area contributed by atoms with Crippen molar-refractivity contribution in [2.24, 2.45) is 5.73 Å². The van der Waals surface area contributed by atoms with E-state index in [1.165, 1.54) is 10.8 Å². The zero-order valence-electron chi connectivity index (χ0n) is 16.7. The van der Waals surface area contributed by atoms with E-state index in [0.29, 0.717) is 28.3 Å². The lowest BCUT2D eigenvalue weighted by molar-refractivity contribution is -0.135. The second kappa shape index (κ2) is 8.07. The highest BCUT2D eigenvalue weighted by Gasteiger charge is 2.30. The number of anilines is 1. The molecule has 3 aromatic rings. The Morgan fingerprint density at radius 1 is 1.29 bits per heavy atom. The third kappa shape index (κ3) is 3.80. The molecule has 0 bridgehead atoms. The topological polar surface area (TPSA) is 149 Å². The number of rotatable bonds is 4. The average Bonchev–Trinajstić information content (AvgIpc) is 2.75. The number of para-hydroxylation sites is 1. The van der Waals surface area contributed by atoms with Gasteiger partial charge in [-0.2, -0.15) is 0 Å². The Hall–Kier alpha value is -3.92. The van der Waals surface area contributed by atoms with Crippen LogP contribution in [0, 0.1) is 6.92 Å². The van der Waals surface area contributed by atoms with Gasteiger partial charge < -0.3 is 11.1 Å². The number of imide groups is 1. The molecular weight excluding hydrogens is 400 g/mol. The fourth-order valence-electron chi connectivity index (χ4n) is 3.65. The summed E-state index contributed by atoms with van der Waals surface area (Å²) in [6.07, 6.45) is 1.87. The summed E-state index contributed by atoms with van der Waals surface area (Å²) in [6, 6.07) is 7.20. The molecule has 10 heteroatoms. The molecule has 158 valence electrons. The van der Waals surface area contributed by atoms with Crippen LogP contribution in [0.4, 0.5) is 5.69 Å². The Morgan fingerprint density at radius 2 is 2.10 bits per heavy atom. The van der Waals surface area contributed by atoms with Gasteiger partial charge in [0.25, 0.3) is 11.5 Å². The van der Waals surface area contributed by atoms with Gasteiger partial charge in [-0.1, -0.05) is 6.07 Å². The van der Waals surface area contributed by atoms with Gasteiger partial charge in [-0.3, -0.25) is 34.0 Å². The second-order valence-corrected chi connectivity index (χ2v) is 7.20. The summed E-state index contributed by atoms with van der Waals surface area (Å²) in [4.78, 5) is 58.2. The lowest BCUT2D eigenvalue weighted by atomic mass is 10.1. The number of pyridine rings is 1. The van der Waals surface area contributed by atoms with Gasteiger partial charge in [0.15, 0.2) is 0 Å². The number of fused-ring (bicyclic) bond motifs is 1. The molecular formula is C21H20N6O4. The van der Waals surface area contributed by atoms with Crippen molar-refractivity contribution in [3.8, 4) is 0 Å². The van der Waals surface area contributed by atoms with E-state index in [1.807, 2.05) is 0 Å². The minimum atomic E-state index is -0.813. The van der Waals surface area contributed by atoms with Gasteiger partial charge in [-0.05, 0) is 37.6 Å². The van der Waals surface area contributed by atoms with Crippen LogP contribution >= 0.6 is 0 Å². The third-order valence-electron chi connectivity index (χ3n) is 5.17. The molecule has 2 aromatic heterocycles. The number of hydrogen-bond acceptors (Lipinski definition) is 7. The molecule has 1 aliphatic heterocycles. The Balaban J connectivity index is 1.74. The van der Waals surface area contributed by atoms with Crippen LogP contribution in [0.1, 0.15) is 40.8 Å². The first-order chi connectivity index (χ1) is 14.9. The molecule has 4 N–H and O–H groups in total. The van der Waals surface area contributed by atoms with E-state index in [1.54, 1.807) is 37.3 Å². The van der Waals surface area contributed by atoms with E-state index >= 15 is 0 Å². The van der Waals surface area contributed by atoms with Crippen molar-refractivity contribution in [3.05, 3.63) is 64.0 Å². The van der Waals surface area contributed by atoms with Gasteiger partial charge in [0.05, 0.1) is 16.8 Å². The number of amides is 3. The number of carbonyl (C=O) groups excluding carboxylic acids is 3. The molecule has 1 aromatic carbocycles. The lowest BCUT2D eigenvalue weighted by Crippen LogP contribution is -2.45. The normalized spacial score (nSPS) is 16.3. The van der Waals surface area contributed by atoms with E-state index < -0.39 is 23.4 Å². The summed E-state index contributed by atoms with van der Waals surface area (Å²) in [6.45, 7) is 1.82. The highest BCUT2D eigenvalue weighted by molar-refractivity contribution is 6.08. The van der Waals surface area contributed by atoms with Crippen LogP contribution < -0.4 is 21.9 Å². The van der Waals surface area contributed by atoms with E-state index in [-0.39, 0.29) is 30.7 Å². The highest BCUT2D eigenvalue weighted by atomic mass is 16.2. The van der Waals surface area contributed by atoms with Gasteiger partial charge in [0.2, 0.25) is 11.8 Å². The molecule has 1 atom stereocenters. The van der Waals surface area contributed by atoms with Gasteiger partial charge >= 0.3 is 0 Å². The van der Waals surface area contributed by atoms with Crippen molar-refractivity contribution in [3.63, 3.8) is 0 Å². The molecule has 31 heavy (non-hydrogen) atoms. The van der Waals surface area contributed by atoms with Gasteiger partial charge in [0, 0.05) is 24.7 Å². The summed E-state index contributed by atoms with van der Waals surface area (Å²) in [5, 5.41) is 5.29. The van der Waals surface area contributed by atoms with Crippen LogP contribution in [0.15, 0.2) is 41.3 Å². The average molecular weight is 420 g/mol. The quantitative estimate of drug-likeness (QED) is 0.528. The van der Waals surface area contributed by atoms with Crippen molar-refractivity contribution >= 4 is 34.3 Å². The number of nitrogens with one attached hydrogen (secondary N) is 2. The van der Waals surface area contributed by atoms with Crippen LogP contribution in [-0.2, 0) is 16.1 Å². The van der Waals surface area contributed by atoms with Crippen molar-refractivity contribution in [1.29, 1.82) is 0 Å². The number of hydrogen-bond donors (Lipinski definition) is 3. The maximum atomic E-state index is 13.2. The number of aryl methyl sites for hydroxylation is 1. The molecule has 0 spiro atoms. The Labute approximate surface area is 176 Å². The molecule has 1 fully saturated rings. The predicted octanol–water partition coefficient (Wildman–Crippen LogP) is 0.789. The third-order valence-corrected chi connectivity index (χ3v) is 5.17. The zero-order chi connectivity index (χ0) is 22.1. The minimum Gasteiger partial charge on any atom is -0.325 e. The van der Waals surface area contributed by atoms with Gasteiger partial charge in [-0.25, -0.2) is 4.98 Å². The monoisotopic (exact) mass is 420 g/mol. The number of benzene rings is 1. The smallest absolute Gasteiger partial charge is 0.262 e. The first-order valence-corrected chi connectivity index (χ1v) is 9.71. The number of aromatic nitrogens is 3. The second-order valence-electron chi connectivity index (χ2n) is 7.20. The summed E-state index contributed by atoms with van der Waals surface area (Å²) in [5.41, 5.74) is 6.80. The Bertz CT molecular complexity index is 1280. The van der Waals surface area contributed by atoms with Gasteiger partial charge in [0.1, 0.15) is 17.4 Å². The van der Waals surface area contributed by atoms with Crippen molar-refractivity contribution in [2.45, 2.75) is 32.4 Å². The number of nitrogens with two attached hydrogens (primary N) is 1. The summed E-state index contributed by atoms with van der Waals surface area (Å²) in [7, 11) is 0. The predicted molar refractivity (Wildman–Crippen MR) is 112 cm³/mol. The number of nitrogens with zero attached hydrogens (tertiary/aromatic N) is 3. The SMILES string of the molecule is Cc1nc2c(NC(=O)c3ccnc(CN)c3)cccc2c(=O)n1C1CCC(=O)NC1=O. The van der Waals surface area contributed by atoms with Crippen LogP contribution in [0.2, 0.25) is 0 Å². The van der Waals surface area contributed by atoms with E-state index in [0.717, 1.165) is 0 Å². The summed E-state index contributed by atoms with van der Waals surface area (Å²) < 4.78 is 1.30. The molecule has 1 saturated heterocycles. The van der Waals surface area contributed by atoms with Crippen molar-refractivity contribution < 1.29 is 14.4 Å². The maximum absolute atomic E-state index is 13.2. The van der Waals surface area contributed by atoms with Crippen molar-refractivity contribution in [2.75, 3.05) is 5.32 Å². The van der Waals surface area contributed by atoms with Crippen LogP contribution in [0.5, 0.6) is 0 Å².